The Hall–Kier alpha value is -1.67. The minimum Gasteiger partial charge on any atom is -0.372 e. The van der Waals surface area contributed by atoms with Gasteiger partial charge in [-0.1, -0.05) is 23.9 Å². The fourth-order valence-corrected chi connectivity index (χ4v) is 2.93. The molecule has 98 valence electrons. The molecular weight excluding hydrogens is 332 g/mol. The Morgan fingerprint density at radius 1 is 1.37 bits per heavy atom. The summed E-state index contributed by atoms with van der Waals surface area (Å²) >= 11 is 4.60. The number of anilines is 1. The lowest BCUT2D eigenvalue weighted by atomic mass is 10.3. The summed E-state index contributed by atoms with van der Waals surface area (Å²) in [5, 5.41) is 14.5. The highest BCUT2D eigenvalue weighted by molar-refractivity contribution is 9.10. The topological polar surface area (TPSA) is 81.0 Å². The first-order valence-electron chi connectivity index (χ1n) is 5.23. The number of para-hydroxylation sites is 1. The van der Waals surface area contributed by atoms with Crippen LogP contribution in [-0.2, 0) is 0 Å². The van der Waals surface area contributed by atoms with E-state index in [1.165, 1.54) is 24.2 Å². The van der Waals surface area contributed by atoms with E-state index in [9.17, 15) is 10.1 Å². The van der Waals surface area contributed by atoms with E-state index in [4.69, 9.17) is 0 Å². The van der Waals surface area contributed by atoms with E-state index in [0.29, 0.717) is 20.2 Å². The lowest BCUT2D eigenvalue weighted by molar-refractivity contribution is -0.387. The number of nitrogens with one attached hydrogen (secondary N) is 1. The number of rotatable bonds is 4. The second-order valence-corrected chi connectivity index (χ2v) is 5.24. The lowest BCUT2D eigenvalue weighted by Crippen LogP contribution is -1.96. The van der Waals surface area contributed by atoms with Gasteiger partial charge in [0.15, 0.2) is 0 Å². The van der Waals surface area contributed by atoms with E-state index >= 15 is 0 Å². The molecule has 0 spiro atoms. The molecule has 1 aromatic heterocycles. The molecule has 1 aromatic carbocycles. The van der Waals surface area contributed by atoms with Crippen molar-refractivity contribution in [2.24, 2.45) is 0 Å². The van der Waals surface area contributed by atoms with Crippen LogP contribution in [-0.4, -0.2) is 21.9 Å². The summed E-state index contributed by atoms with van der Waals surface area (Å²) in [5.41, 5.74) is 0.0593. The van der Waals surface area contributed by atoms with Crippen LogP contribution >= 0.6 is 27.7 Å². The highest BCUT2D eigenvalue weighted by Gasteiger charge is 2.16. The standard InChI is InChI=1S/C11H9BrN4O2S/c1-13-10-9(12)11(15-6-14-10)19-8-5-3-2-4-7(8)16(17)18/h2-6H,1H3,(H,13,14,15). The van der Waals surface area contributed by atoms with Crippen molar-refractivity contribution in [2.75, 3.05) is 12.4 Å². The Morgan fingerprint density at radius 3 is 2.79 bits per heavy atom. The zero-order valence-corrected chi connectivity index (χ0v) is 12.2. The zero-order valence-electron chi connectivity index (χ0n) is 9.83. The third-order valence-corrected chi connectivity index (χ3v) is 4.34. The second kappa shape index (κ2) is 5.98. The minimum atomic E-state index is -0.406. The maximum Gasteiger partial charge on any atom is 0.283 e. The van der Waals surface area contributed by atoms with Crippen LogP contribution in [0.15, 0.2) is 45.0 Å². The molecule has 0 saturated carbocycles. The normalized spacial score (nSPS) is 10.2. The van der Waals surface area contributed by atoms with E-state index in [1.807, 2.05) is 0 Å². The predicted octanol–water partition coefficient (Wildman–Crippen LogP) is 3.34. The molecule has 0 aliphatic rings. The average molecular weight is 341 g/mol. The molecule has 0 unspecified atom stereocenters. The number of hydrogen-bond donors (Lipinski definition) is 1. The SMILES string of the molecule is CNc1ncnc(Sc2ccccc2[N+](=O)[O-])c1Br. The lowest BCUT2D eigenvalue weighted by Gasteiger charge is -2.07. The van der Waals surface area contributed by atoms with E-state index in [2.05, 4.69) is 31.2 Å². The van der Waals surface area contributed by atoms with Crippen LogP contribution < -0.4 is 5.32 Å². The summed E-state index contributed by atoms with van der Waals surface area (Å²) in [6, 6.07) is 6.55. The van der Waals surface area contributed by atoms with Crippen LogP contribution in [0.5, 0.6) is 0 Å². The molecule has 0 radical (unpaired) electrons. The maximum atomic E-state index is 11.0. The molecule has 8 heteroatoms. The maximum absolute atomic E-state index is 11.0. The van der Waals surface area contributed by atoms with Crippen molar-refractivity contribution in [3.8, 4) is 0 Å². The molecule has 0 atom stereocenters. The molecule has 0 aliphatic heterocycles. The quantitative estimate of drug-likeness (QED) is 0.522. The molecule has 19 heavy (non-hydrogen) atoms. The van der Waals surface area contributed by atoms with E-state index in [-0.39, 0.29) is 5.69 Å². The van der Waals surface area contributed by atoms with Crippen LogP contribution in [0.2, 0.25) is 0 Å². The minimum absolute atomic E-state index is 0.0593. The molecule has 0 bridgehead atoms. The smallest absolute Gasteiger partial charge is 0.283 e. The molecule has 0 fully saturated rings. The predicted molar refractivity (Wildman–Crippen MR) is 76.5 cm³/mol. The Balaban J connectivity index is 2.39. The number of benzene rings is 1. The summed E-state index contributed by atoms with van der Waals surface area (Å²) in [7, 11) is 1.74. The zero-order chi connectivity index (χ0) is 13.8. The number of nitrogens with zero attached hydrogens (tertiary/aromatic N) is 3. The van der Waals surface area contributed by atoms with Gasteiger partial charge in [-0.2, -0.15) is 0 Å². The molecule has 2 rings (SSSR count). The van der Waals surface area contributed by atoms with Gasteiger partial charge in [-0.3, -0.25) is 10.1 Å². The molecule has 1 heterocycles. The molecular formula is C11H9BrN4O2S. The van der Waals surface area contributed by atoms with Crippen LogP contribution in [0.25, 0.3) is 0 Å². The van der Waals surface area contributed by atoms with Gasteiger partial charge in [0.2, 0.25) is 0 Å². The molecule has 0 saturated heterocycles. The van der Waals surface area contributed by atoms with Gasteiger partial charge in [0.05, 0.1) is 14.3 Å². The average Bonchev–Trinajstić information content (AvgIpc) is 2.41. The van der Waals surface area contributed by atoms with Crippen LogP contribution in [0.4, 0.5) is 11.5 Å². The van der Waals surface area contributed by atoms with Crippen molar-refractivity contribution in [2.45, 2.75) is 9.92 Å². The van der Waals surface area contributed by atoms with Gasteiger partial charge in [0, 0.05) is 13.1 Å². The summed E-state index contributed by atoms with van der Waals surface area (Å²) < 4.78 is 0.681. The third-order valence-electron chi connectivity index (χ3n) is 2.26. The Bertz CT molecular complexity index is 623. The summed E-state index contributed by atoms with van der Waals surface area (Å²) in [6.45, 7) is 0. The summed E-state index contributed by atoms with van der Waals surface area (Å²) in [5.74, 6) is 0.635. The Kier molecular flexibility index (Phi) is 4.33. The van der Waals surface area contributed by atoms with Gasteiger partial charge in [-0.15, -0.1) is 0 Å². The van der Waals surface area contributed by atoms with Crippen molar-refractivity contribution in [1.82, 2.24) is 9.97 Å². The largest absolute Gasteiger partial charge is 0.372 e. The summed E-state index contributed by atoms with van der Waals surface area (Å²) in [4.78, 5) is 19.3. The summed E-state index contributed by atoms with van der Waals surface area (Å²) in [6.07, 6.45) is 1.41. The van der Waals surface area contributed by atoms with Gasteiger partial charge in [0.25, 0.3) is 5.69 Å². The van der Waals surface area contributed by atoms with E-state index in [1.54, 1.807) is 25.2 Å². The highest BCUT2D eigenvalue weighted by atomic mass is 79.9. The fourth-order valence-electron chi connectivity index (χ4n) is 1.40. The molecule has 2 aromatic rings. The molecule has 6 nitrogen and oxygen atoms in total. The molecule has 1 N–H and O–H groups in total. The number of aromatic nitrogens is 2. The number of hydrogen-bond acceptors (Lipinski definition) is 6. The Labute approximate surface area is 121 Å². The first-order chi connectivity index (χ1) is 9.13. The highest BCUT2D eigenvalue weighted by Crippen LogP contribution is 2.38. The van der Waals surface area contributed by atoms with E-state index < -0.39 is 4.92 Å². The first-order valence-corrected chi connectivity index (χ1v) is 6.84. The fraction of sp³-hybridized carbons (Fsp3) is 0.0909. The van der Waals surface area contributed by atoms with Gasteiger partial charge >= 0.3 is 0 Å². The monoisotopic (exact) mass is 340 g/mol. The van der Waals surface area contributed by atoms with Crippen LogP contribution in [0, 0.1) is 10.1 Å². The van der Waals surface area contributed by atoms with Crippen molar-refractivity contribution in [3.63, 3.8) is 0 Å². The van der Waals surface area contributed by atoms with Gasteiger partial charge < -0.3 is 5.32 Å². The van der Waals surface area contributed by atoms with Crippen LogP contribution in [0.1, 0.15) is 0 Å². The first kappa shape index (κ1) is 13.8. The number of halogens is 1. The van der Waals surface area contributed by atoms with Gasteiger partial charge in [-0.25, -0.2) is 9.97 Å². The Morgan fingerprint density at radius 2 is 2.11 bits per heavy atom. The van der Waals surface area contributed by atoms with Crippen molar-refractivity contribution < 1.29 is 4.92 Å². The second-order valence-electron chi connectivity index (χ2n) is 3.42. The number of nitro benzene ring substituents is 1. The van der Waals surface area contributed by atoms with E-state index in [0.717, 1.165) is 0 Å². The van der Waals surface area contributed by atoms with Gasteiger partial charge in [0.1, 0.15) is 17.2 Å². The van der Waals surface area contributed by atoms with Gasteiger partial charge in [-0.05, 0) is 22.0 Å². The van der Waals surface area contributed by atoms with Crippen molar-refractivity contribution in [3.05, 3.63) is 45.2 Å². The molecule has 0 amide bonds. The third kappa shape index (κ3) is 3.02. The molecule has 0 aliphatic carbocycles. The van der Waals surface area contributed by atoms with Crippen LogP contribution in [0.3, 0.4) is 0 Å². The van der Waals surface area contributed by atoms with Crippen molar-refractivity contribution >= 4 is 39.2 Å². The number of nitro groups is 1. The van der Waals surface area contributed by atoms with Crippen molar-refractivity contribution in [1.29, 1.82) is 0 Å².